The summed E-state index contributed by atoms with van der Waals surface area (Å²) in [4.78, 5) is 4.29. The number of aryl methyl sites for hydroxylation is 2. The highest BCUT2D eigenvalue weighted by Crippen LogP contribution is 2.20. The van der Waals surface area contributed by atoms with Crippen LogP contribution in [0.25, 0.3) is 11.0 Å². The number of nitrogens with one attached hydrogen (secondary N) is 1. The number of hydrogen-bond acceptors (Lipinski definition) is 5. The molecule has 0 aromatic carbocycles. The lowest BCUT2D eigenvalue weighted by molar-refractivity contribution is 0.462. The number of fused-ring (bicyclic) bond motifs is 1. The quantitative estimate of drug-likeness (QED) is 0.858. The zero-order valence-electron chi connectivity index (χ0n) is 12.4. The second-order valence-electron chi connectivity index (χ2n) is 5.44. The fourth-order valence-corrected chi connectivity index (χ4v) is 3.29. The van der Waals surface area contributed by atoms with Crippen LogP contribution in [0.4, 0.5) is 0 Å². The monoisotopic (exact) mass is 333 g/mol. The summed E-state index contributed by atoms with van der Waals surface area (Å²) >= 11 is 0. The molecule has 9 heteroatoms. The van der Waals surface area contributed by atoms with Crippen LogP contribution in [-0.2, 0) is 17.1 Å². The summed E-state index contributed by atoms with van der Waals surface area (Å²) < 4.78 is 28.9. The van der Waals surface area contributed by atoms with Gasteiger partial charge in [0.1, 0.15) is 4.90 Å². The number of nitrogens with two attached hydrogens (primary N) is 1. The van der Waals surface area contributed by atoms with Gasteiger partial charge in [-0.05, 0) is 26.8 Å². The molecule has 2 aromatic rings. The van der Waals surface area contributed by atoms with Crippen molar-refractivity contribution in [1.29, 1.82) is 0 Å². The van der Waals surface area contributed by atoms with Gasteiger partial charge in [0.15, 0.2) is 5.65 Å². The predicted molar refractivity (Wildman–Crippen MR) is 83.9 cm³/mol. The van der Waals surface area contributed by atoms with Crippen LogP contribution in [0.2, 0.25) is 0 Å². The molecule has 21 heavy (non-hydrogen) atoms. The van der Waals surface area contributed by atoms with E-state index in [-0.39, 0.29) is 23.8 Å². The largest absolute Gasteiger partial charge is 0.329 e. The molecule has 2 heterocycles. The van der Waals surface area contributed by atoms with Gasteiger partial charge in [-0.3, -0.25) is 4.68 Å². The number of aromatic nitrogens is 3. The summed E-state index contributed by atoms with van der Waals surface area (Å²) in [7, 11) is -1.89. The Bertz CT molecular complexity index is 754. The molecule has 0 aliphatic rings. The highest BCUT2D eigenvalue weighted by molar-refractivity contribution is 7.89. The number of rotatable bonds is 4. The van der Waals surface area contributed by atoms with Gasteiger partial charge in [0.25, 0.3) is 0 Å². The zero-order valence-corrected chi connectivity index (χ0v) is 14.0. The number of hydrogen-bond donors (Lipinski definition) is 2. The first kappa shape index (κ1) is 17.8. The Hall–Kier alpha value is -1.22. The molecule has 0 aliphatic carbocycles. The molecular formula is C12H20ClN5O2S. The highest BCUT2D eigenvalue weighted by Gasteiger charge is 2.25. The smallest absolute Gasteiger partial charge is 0.242 e. The van der Waals surface area contributed by atoms with Crippen molar-refractivity contribution in [3.05, 3.63) is 18.0 Å². The minimum Gasteiger partial charge on any atom is -0.329 e. The van der Waals surface area contributed by atoms with Crippen molar-refractivity contribution in [2.45, 2.75) is 31.2 Å². The number of pyridine rings is 1. The first-order valence-electron chi connectivity index (χ1n) is 6.20. The normalized spacial score (nSPS) is 12.4. The highest BCUT2D eigenvalue weighted by atomic mass is 35.5. The Balaban J connectivity index is 0.00000220. The maximum Gasteiger partial charge on any atom is 0.242 e. The van der Waals surface area contributed by atoms with Gasteiger partial charge < -0.3 is 5.73 Å². The fraction of sp³-hybridized carbons (Fsp3) is 0.500. The van der Waals surface area contributed by atoms with Crippen LogP contribution in [0.1, 0.15) is 19.5 Å². The van der Waals surface area contributed by atoms with Crippen molar-refractivity contribution in [2.24, 2.45) is 12.8 Å². The van der Waals surface area contributed by atoms with Crippen LogP contribution in [0.5, 0.6) is 0 Å². The summed E-state index contributed by atoms with van der Waals surface area (Å²) in [6.45, 7) is 5.48. The van der Waals surface area contributed by atoms with Gasteiger partial charge in [0.05, 0.1) is 5.69 Å². The maximum atomic E-state index is 12.3. The van der Waals surface area contributed by atoms with Gasteiger partial charge in [-0.15, -0.1) is 12.4 Å². The molecule has 0 atom stereocenters. The predicted octanol–water partition coefficient (Wildman–Crippen LogP) is 0.714. The Morgan fingerprint density at radius 3 is 2.62 bits per heavy atom. The number of nitrogens with zero attached hydrogens (tertiary/aromatic N) is 3. The van der Waals surface area contributed by atoms with Crippen LogP contribution < -0.4 is 10.5 Å². The molecule has 0 amide bonds. The molecule has 0 spiro atoms. The molecule has 0 bridgehead atoms. The Labute approximate surface area is 130 Å². The zero-order chi connectivity index (χ0) is 15.1. The average Bonchev–Trinajstić information content (AvgIpc) is 2.64. The molecule has 2 rings (SSSR count). The van der Waals surface area contributed by atoms with Crippen molar-refractivity contribution < 1.29 is 8.42 Å². The van der Waals surface area contributed by atoms with Crippen LogP contribution >= 0.6 is 12.4 Å². The van der Waals surface area contributed by atoms with Crippen LogP contribution in [-0.4, -0.2) is 35.3 Å². The first-order chi connectivity index (χ1) is 9.16. The van der Waals surface area contributed by atoms with Gasteiger partial charge in [-0.1, -0.05) is 0 Å². The second kappa shape index (κ2) is 5.88. The number of halogens is 1. The van der Waals surface area contributed by atoms with Gasteiger partial charge >= 0.3 is 0 Å². The minimum absolute atomic E-state index is 0. The van der Waals surface area contributed by atoms with Gasteiger partial charge in [0, 0.05) is 30.7 Å². The van der Waals surface area contributed by atoms with Gasteiger partial charge in [-0.2, -0.15) is 5.10 Å². The lowest BCUT2D eigenvalue weighted by Crippen LogP contribution is -2.48. The van der Waals surface area contributed by atoms with E-state index in [1.54, 1.807) is 31.6 Å². The third kappa shape index (κ3) is 3.52. The molecular weight excluding hydrogens is 314 g/mol. The third-order valence-corrected chi connectivity index (χ3v) is 4.73. The average molecular weight is 334 g/mol. The second-order valence-corrected chi connectivity index (χ2v) is 7.13. The Kier molecular flexibility index (Phi) is 4.99. The third-order valence-electron chi connectivity index (χ3n) is 3.07. The van der Waals surface area contributed by atoms with E-state index in [9.17, 15) is 8.42 Å². The van der Waals surface area contributed by atoms with E-state index in [1.807, 2.05) is 6.92 Å². The minimum atomic E-state index is -3.66. The molecule has 0 radical (unpaired) electrons. The SMILES string of the molecule is Cc1nn(C)c2ncc(S(=O)(=O)NC(C)(C)CN)cc12.Cl. The fourth-order valence-electron chi connectivity index (χ4n) is 1.90. The standard InChI is InChI=1S/C12H19N5O2S.ClH/c1-8-10-5-9(6-14-11(10)17(4)15-8)20(18,19)16-12(2,3)7-13;/h5-6,16H,7,13H2,1-4H3;1H. The van der Waals surface area contributed by atoms with Crippen molar-refractivity contribution in [3.8, 4) is 0 Å². The van der Waals surface area contributed by atoms with Crippen LogP contribution in [0, 0.1) is 6.92 Å². The molecule has 0 saturated heterocycles. The summed E-state index contributed by atoms with van der Waals surface area (Å²) in [6, 6.07) is 1.58. The molecule has 0 saturated carbocycles. The summed E-state index contributed by atoms with van der Waals surface area (Å²) in [5, 5.41) is 4.95. The summed E-state index contributed by atoms with van der Waals surface area (Å²) in [5.74, 6) is 0. The van der Waals surface area contributed by atoms with E-state index in [2.05, 4.69) is 14.8 Å². The molecule has 0 unspecified atom stereocenters. The van der Waals surface area contributed by atoms with Crippen molar-refractivity contribution >= 4 is 33.5 Å². The van der Waals surface area contributed by atoms with Crippen molar-refractivity contribution in [2.75, 3.05) is 6.54 Å². The van der Waals surface area contributed by atoms with Crippen LogP contribution in [0.15, 0.2) is 17.2 Å². The van der Waals surface area contributed by atoms with Crippen molar-refractivity contribution in [1.82, 2.24) is 19.5 Å². The lowest BCUT2D eigenvalue weighted by Gasteiger charge is -2.23. The number of sulfonamides is 1. The molecule has 0 fully saturated rings. The first-order valence-corrected chi connectivity index (χ1v) is 7.68. The summed E-state index contributed by atoms with van der Waals surface area (Å²) in [6.07, 6.45) is 1.33. The molecule has 7 nitrogen and oxygen atoms in total. The van der Waals surface area contributed by atoms with E-state index in [1.165, 1.54) is 6.20 Å². The summed E-state index contributed by atoms with van der Waals surface area (Å²) in [5.41, 5.74) is 6.24. The molecule has 3 N–H and O–H groups in total. The molecule has 2 aromatic heterocycles. The topological polar surface area (TPSA) is 103 Å². The van der Waals surface area contributed by atoms with Crippen LogP contribution in [0.3, 0.4) is 0 Å². The van der Waals surface area contributed by atoms with E-state index in [4.69, 9.17) is 5.73 Å². The molecule has 118 valence electrons. The van der Waals surface area contributed by atoms with Gasteiger partial charge in [-0.25, -0.2) is 18.1 Å². The van der Waals surface area contributed by atoms with E-state index in [0.29, 0.717) is 5.65 Å². The van der Waals surface area contributed by atoms with E-state index in [0.717, 1.165) is 11.1 Å². The lowest BCUT2D eigenvalue weighted by atomic mass is 10.1. The van der Waals surface area contributed by atoms with Gasteiger partial charge in [0.2, 0.25) is 10.0 Å². The molecule has 0 aliphatic heterocycles. The van der Waals surface area contributed by atoms with E-state index >= 15 is 0 Å². The van der Waals surface area contributed by atoms with Crippen molar-refractivity contribution in [3.63, 3.8) is 0 Å². The maximum absolute atomic E-state index is 12.3. The Morgan fingerprint density at radius 2 is 2.05 bits per heavy atom. The Morgan fingerprint density at radius 1 is 1.43 bits per heavy atom. The van der Waals surface area contributed by atoms with E-state index < -0.39 is 15.6 Å².